The van der Waals surface area contributed by atoms with Crippen molar-refractivity contribution < 1.29 is 4.79 Å². The van der Waals surface area contributed by atoms with Gasteiger partial charge in [-0.2, -0.15) is 5.10 Å². The highest BCUT2D eigenvalue weighted by atomic mass is 16.1. The molecule has 3 heteroatoms. The second-order valence-corrected chi connectivity index (χ2v) is 8.13. The van der Waals surface area contributed by atoms with Gasteiger partial charge >= 0.3 is 0 Å². The largest absolute Gasteiger partial charge is 0.294 e. The minimum absolute atomic E-state index is 0.0345. The highest BCUT2D eigenvalue weighted by Gasteiger charge is 2.42. The quantitative estimate of drug-likeness (QED) is 0.846. The first-order valence-corrected chi connectivity index (χ1v) is 8.72. The number of aromatic amines is 1. The SMILES string of the molecule is Cc1ccccc1[C@@H]1C2=C(Cc3n[nH]c(C)c31)CC(C)(C)CC2=O. The van der Waals surface area contributed by atoms with E-state index < -0.39 is 0 Å². The van der Waals surface area contributed by atoms with Crippen LogP contribution in [0.2, 0.25) is 0 Å². The Bertz CT molecular complexity index is 870. The number of nitrogens with zero attached hydrogens (tertiary/aromatic N) is 1. The standard InChI is InChI=1S/C21H24N2O/c1-12-7-5-6-8-15(12)20-18-13(2)22-23-16(18)9-14-10-21(3,4)11-17(24)19(14)20/h5-8,20H,9-11H2,1-4H3,(H,22,23)/t20-/m0/s1. The molecule has 4 rings (SSSR count). The lowest BCUT2D eigenvalue weighted by Crippen LogP contribution is -2.32. The fraction of sp³-hybridized carbons (Fsp3) is 0.429. The Labute approximate surface area is 143 Å². The Hall–Kier alpha value is -2.16. The summed E-state index contributed by atoms with van der Waals surface area (Å²) >= 11 is 0. The molecule has 0 aliphatic heterocycles. The van der Waals surface area contributed by atoms with Gasteiger partial charge in [0, 0.05) is 35.6 Å². The van der Waals surface area contributed by atoms with E-state index in [0.29, 0.717) is 12.2 Å². The summed E-state index contributed by atoms with van der Waals surface area (Å²) in [5, 5.41) is 7.71. The van der Waals surface area contributed by atoms with Crippen molar-refractivity contribution in [3.05, 3.63) is 63.5 Å². The number of rotatable bonds is 1. The number of H-pyrrole nitrogens is 1. The molecule has 0 fully saturated rings. The smallest absolute Gasteiger partial charge is 0.160 e. The lowest BCUT2D eigenvalue weighted by molar-refractivity contribution is -0.118. The number of ketones is 1. The van der Waals surface area contributed by atoms with Gasteiger partial charge in [0.05, 0.1) is 5.69 Å². The number of allylic oxidation sites excluding steroid dienone is 2. The average molecular weight is 320 g/mol. The summed E-state index contributed by atoms with van der Waals surface area (Å²) in [6.07, 6.45) is 2.44. The summed E-state index contributed by atoms with van der Waals surface area (Å²) in [6, 6.07) is 8.44. The lowest BCUT2D eigenvalue weighted by atomic mass is 9.64. The molecule has 1 heterocycles. The van der Waals surface area contributed by atoms with Crippen molar-refractivity contribution in [3.63, 3.8) is 0 Å². The van der Waals surface area contributed by atoms with Crippen molar-refractivity contribution in [2.45, 2.75) is 52.9 Å². The molecule has 124 valence electrons. The molecule has 0 amide bonds. The van der Waals surface area contributed by atoms with Gasteiger partial charge in [-0.1, -0.05) is 43.7 Å². The van der Waals surface area contributed by atoms with E-state index in [0.717, 1.165) is 29.8 Å². The molecule has 0 saturated carbocycles. The summed E-state index contributed by atoms with van der Waals surface area (Å²) in [5.41, 5.74) is 8.28. The van der Waals surface area contributed by atoms with Crippen molar-refractivity contribution in [2.24, 2.45) is 5.41 Å². The minimum Gasteiger partial charge on any atom is -0.294 e. The molecule has 0 bridgehead atoms. The Morgan fingerprint density at radius 2 is 1.92 bits per heavy atom. The van der Waals surface area contributed by atoms with Crippen LogP contribution in [0.3, 0.4) is 0 Å². The van der Waals surface area contributed by atoms with Gasteiger partial charge in [-0.15, -0.1) is 0 Å². The molecule has 1 aromatic carbocycles. The molecule has 1 N–H and O–H groups in total. The summed E-state index contributed by atoms with van der Waals surface area (Å²) in [4.78, 5) is 13.1. The Morgan fingerprint density at radius 1 is 1.17 bits per heavy atom. The molecule has 2 aliphatic rings. The number of Topliss-reactive ketones (excluding diaryl/α,β-unsaturated/α-hetero) is 1. The van der Waals surface area contributed by atoms with Crippen LogP contribution >= 0.6 is 0 Å². The van der Waals surface area contributed by atoms with Gasteiger partial charge < -0.3 is 0 Å². The van der Waals surface area contributed by atoms with Gasteiger partial charge in [0.1, 0.15) is 0 Å². The number of aryl methyl sites for hydroxylation is 2. The summed E-state index contributed by atoms with van der Waals surface area (Å²) in [5.74, 6) is 0.355. The predicted octanol–water partition coefficient (Wildman–Crippen LogP) is 4.40. The maximum atomic E-state index is 13.1. The highest BCUT2D eigenvalue weighted by Crippen LogP contribution is 2.49. The number of hydrogen-bond acceptors (Lipinski definition) is 2. The molecule has 2 aliphatic carbocycles. The van der Waals surface area contributed by atoms with Gasteiger partial charge in [-0.3, -0.25) is 9.89 Å². The van der Waals surface area contributed by atoms with Crippen LogP contribution < -0.4 is 0 Å². The maximum absolute atomic E-state index is 13.1. The van der Waals surface area contributed by atoms with Gasteiger partial charge in [-0.05, 0) is 36.8 Å². The van der Waals surface area contributed by atoms with Gasteiger partial charge in [0.25, 0.3) is 0 Å². The van der Waals surface area contributed by atoms with E-state index >= 15 is 0 Å². The van der Waals surface area contributed by atoms with Crippen LogP contribution in [0.15, 0.2) is 35.4 Å². The van der Waals surface area contributed by atoms with Gasteiger partial charge in [-0.25, -0.2) is 0 Å². The van der Waals surface area contributed by atoms with Crippen molar-refractivity contribution in [1.82, 2.24) is 10.2 Å². The van der Waals surface area contributed by atoms with E-state index in [4.69, 9.17) is 0 Å². The van der Waals surface area contributed by atoms with Crippen molar-refractivity contribution in [3.8, 4) is 0 Å². The molecule has 24 heavy (non-hydrogen) atoms. The zero-order chi connectivity index (χ0) is 17.1. The van der Waals surface area contributed by atoms with Crippen LogP contribution in [-0.4, -0.2) is 16.0 Å². The molecule has 0 spiro atoms. The summed E-state index contributed by atoms with van der Waals surface area (Å²) < 4.78 is 0. The minimum atomic E-state index is 0.0345. The van der Waals surface area contributed by atoms with Crippen molar-refractivity contribution in [1.29, 1.82) is 0 Å². The molecule has 0 unspecified atom stereocenters. The third kappa shape index (κ3) is 2.26. The van der Waals surface area contributed by atoms with E-state index in [1.54, 1.807) is 0 Å². The topological polar surface area (TPSA) is 45.8 Å². The second-order valence-electron chi connectivity index (χ2n) is 8.13. The number of nitrogens with one attached hydrogen (secondary N) is 1. The first-order valence-electron chi connectivity index (χ1n) is 8.72. The number of hydrogen-bond donors (Lipinski definition) is 1. The van der Waals surface area contributed by atoms with E-state index in [1.807, 2.05) is 0 Å². The highest BCUT2D eigenvalue weighted by molar-refractivity contribution is 6.00. The number of aromatic nitrogens is 2. The van der Waals surface area contributed by atoms with Gasteiger partial charge in [0.15, 0.2) is 5.78 Å². The van der Waals surface area contributed by atoms with Crippen LogP contribution in [-0.2, 0) is 11.2 Å². The van der Waals surface area contributed by atoms with Crippen LogP contribution in [0.1, 0.15) is 60.7 Å². The Kier molecular flexibility index (Phi) is 3.31. The molecule has 1 atom stereocenters. The van der Waals surface area contributed by atoms with Crippen molar-refractivity contribution >= 4 is 5.78 Å². The van der Waals surface area contributed by atoms with Gasteiger partial charge in [0.2, 0.25) is 0 Å². The van der Waals surface area contributed by atoms with E-state index in [-0.39, 0.29) is 11.3 Å². The summed E-state index contributed by atoms with van der Waals surface area (Å²) in [7, 11) is 0. The number of carbonyl (C=O) groups excluding carboxylic acids is 1. The normalized spacial score (nSPS) is 22.3. The zero-order valence-corrected chi connectivity index (χ0v) is 14.9. The van der Waals surface area contributed by atoms with E-state index in [2.05, 4.69) is 62.2 Å². The van der Waals surface area contributed by atoms with E-state index in [9.17, 15) is 4.79 Å². The van der Waals surface area contributed by atoms with Crippen molar-refractivity contribution in [2.75, 3.05) is 0 Å². The van der Waals surface area contributed by atoms with Crippen LogP contribution in [0.5, 0.6) is 0 Å². The zero-order valence-electron chi connectivity index (χ0n) is 14.9. The molecular weight excluding hydrogens is 296 g/mol. The van der Waals surface area contributed by atoms with Crippen LogP contribution in [0, 0.1) is 19.3 Å². The Balaban J connectivity index is 1.97. The molecule has 3 nitrogen and oxygen atoms in total. The fourth-order valence-electron chi connectivity index (χ4n) is 4.56. The third-order valence-electron chi connectivity index (χ3n) is 5.54. The molecule has 2 aromatic rings. The monoisotopic (exact) mass is 320 g/mol. The number of carbonyl (C=O) groups is 1. The Morgan fingerprint density at radius 3 is 2.67 bits per heavy atom. The molecule has 1 aromatic heterocycles. The first kappa shape index (κ1) is 15.4. The van der Waals surface area contributed by atoms with Crippen LogP contribution in [0.4, 0.5) is 0 Å². The first-order chi connectivity index (χ1) is 11.4. The number of fused-ring (bicyclic) bond motifs is 1. The summed E-state index contributed by atoms with van der Waals surface area (Å²) in [6.45, 7) is 8.60. The molecular formula is C21H24N2O. The number of benzene rings is 1. The van der Waals surface area contributed by atoms with E-state index in [1.165, 1.54) is 22.3 Å². The van der Waals surface area contributed by atoms with Crippen LogP contribution in [0.25, 0.3) is 0 Å². The predicted molar refractivity (Wildman–Crippen MR) is 95.1 cm³/mol. The second kappa shape index (κ2) is 5.17. The fourth-order valence-corrected chi connectivity index (χ4v) is 4.56. The molecule has 0 saturated heterocycles. The maximum Gasteiger partial charge on any atom is 0.160 e. The third-order valence-corrected chi connectivity index (χ3v) is 5.54. The lowest BCUT2D eigenvalue weighted by Gasteiger charge is -2.38. The average Bonchev–Trinajstić information content (AvgIpc) is 2.86. The molecule has 0 radical (unpaired) electrons.